The minimum absolute atomic E-state index is 0.137. The quantitative estimate of drug-likeness (QED) is 0.638. The molecular formula is C19H23BrN2O2. The predicted octanol–water partition coefficient (Wildman–Crippen LogP) is 4.94. The van der Waals surface area contributed by atoms with Crippen LogP contribution in [0.15, 0.2) is 22.7 Å². The zero-order valence-corrected chi connectivity index (χ0v) is 16.2. The molecule has 4 nitrogen and oxygen atoms in total. The van der Waals surface area contributed by atoms with E-state index < -0.39 is 5.60 Å². The number of aryl methyl sites for hydroxylation is 1. The van der Waals surface area contributed by atoms with Gasteiger partial charge in [0.15, 0.2) is 0 Å². The van der Waals surface area contributed by atoms with Gasteiger partial charge in [0, 0.05) is 46.1 Å². The second-order valence-corrected chi connectivity index (χ2v) is 8.84. The molecular weight excluding hydrogens is 368 g/mol. The molecule has 0 N–H and O–H groups in total. The molecule has 1 fully saturated rings. The zero-order chi connectivity index (χ0) is 17.2. The maximum absolute atomic E-state index is 12.8. The Morgan fingerprint density at radius 1 is 1.29 bits per heavy atom. The number of halogens is 1. The second kappa shape index (κ2) is 5.25. The van der Waals surface area contributed by atoms with Crippen LogP contribution in [0.1, 0.15) is 50.9 Å². The minimum Gasteiger partial charge on any atom is -0.444 e. The summed E-state index contributed by atoms with van der Waals surface area (Å²) in [6.45, 7) is 5.78. The van der Waals surface area contributed by atoms with Crippen LogP contribution in [-0.4, -0.2) is 27.2 Å². The maximum Gasteiger partial charge on any atom is 0.411 e. The molecule has 1 amide bonds. The number of carbonyl (C=O) groups is 1. The summed E-state index contributed by atoms with van der Waals surface area (Å²) >= 11 is 3.57. The fraction of sp³-hybridized carbons (Fsp3) is 0.526. The lowest BCUT2D eigenvalue weighted by atomic mass is 9.97. The second-order valence-electron chi connectivity index (χ2n) is 7.92. The van der Waals surface area contributed by atoms with E-state index in [1.165, 1.54) is 22.2 Å². The summed E-state index contributed by atoms with van der Waals surface area (Å²) in [6, 6.07) is 6.81. The zero-order valence-electron chi connectivity index (χ0n) is 14.6. The molecule has 5 heteroatoms. The lowest BCUT2D eigenvalue weighted by molar-refractivity contribution is 0.0124. The lowest BCUT2D eigenvalue weighted by Crippen LogP contribution is -2.44. The van der Waals surface area contributed by atoms with E-state index in [-0.39, 0.29) is 18.2 Å². The highest BCUT2D eigenvalue weighted by Gasteiger charge is 2.46. The first kappa shape index (κ1) is 16.0. The van der Waals surface area contributed by atoms with Crippen molar-refractivity contribution in [1.82, 2.24) is 9.47 Å². The van der Waals surface area contributed by atoms with Gasteiger partial charge in [0.1, 0.15) is 5.60 Å². The predicted molar refractivity (Wildman–Crippen MR) is 98.2 cm³/mol. The Labute approximate surface area is 150 Å². The average Bonchev–Trinajstić information content (AvgIpc) is 2.93. The lowest BCUT2D eigenvalue weighted by Gasteiger charge is -2.36. The van der Waals surface area contributed by atoms with E-state index in [1.807, 2.05) is 25.7 Å². The molecule has 4 rings (SSSR count). The van der Waals surface area contributed by atoms with Crippen LogP contribution >= 0.6 is 15.9 Å². The van der Waals surface area contributed by atoms with E-state index in [1.54, 1.807) is 0 Å². The van der Waals surface area contributed by atoms with Gasteiger partial charge in [0.25, 0.3) is 0 Å². The summed E-state index contributed by atoms with van der Waals surface area (Å²) in [5, 5.41) is 1.26. The van der Waals surface area contributed by atoms with Crippen LogP contribution in [-0.2, 0) is 18.2 Å². The van der Waals surface area contributed by atoms with Gasteiger partial charge in [-0.2, -0.15) is 0 Å². The smallest absolute Gasteiger partial charge is 0.411 e. The third-order valence-electron chi connectivity index (χ3n) is 5.20. The van der Waals surface area contributed by atoms with Crippen molar-refractivity contribution in [3.8, 4) is 0 Å². The van der Waals surface area contributed by atoms with Crippen LogP contribution in [0.3, 0.4) is 0 Å². The Morgan fingerprint density at radius 3 is 2.75 bits per heavy atom. The molecule has 0 spiro atoms. The number of amides is 1. The van der Waals surface area contributed by atoms with Gasteiger partial charge in [-0.15, -0.1) is 0 Å². The molecule has 0 aliphatic carbocycles. The summed E-state index contributed by atoms with van der Waals surface area (Å²) in [5.41, 5.74) is 3.46. The molecule has 0 saturated carbocycles. The van der Waals surface area contributed by atoms with Crippen molar-refractivity contribution in [3.63, 3.8) is 0 Å². The summed E-state index contributed by atoms with van der Waals surface area (Å²) in [5.74, 6) is 0. The number of benzene rings is 1. The number of fused-ring (bicyclic) bond motifs is 6. The van der Waals surface area contributed by atoms with Gasteiger partial charge in [-0.3, -0.25) is 4.90 Å². The normalized spacial score (nSPS) is 22.8. The van der Waals surface area contributed by atoms with E-state index in [4.69, 9.17) is 4.74 Å². The number of carbonyl (C=O) groups excluding carboxylic acids is 1. The van der Waals surface area contributed by atoms with Crippen LogP contribution in [0.2, 0.25) is 0 Å². The van der Waals surface area contributed by atoms with Gasteiger partial charge < -0.3 is 9.30 Å². The van der Waals surface area contributed by atoms with E-state index in [9.17, 15) is 4.79 Å². The number of nitrogens with zero attached hydrogens (tertiary/aromatic N) is 2. The summed E-state index contributed by atoms with van der Waals surface area (Å²) in [6.07, 6.45) is 2.81. The molecule has 2 unspecified atom stereocenters. The third-order valence-corrected chi connectivity index (χ3v) is 5.69. The molecule has 1 aromatic heterocycles. The summed E-state index contributed by atoms with van der Waals surface area (Å²) in [7, 11) is 2.14. The van der Waals surface area contributed by atoms with Crippen LogP contribution in [0.5, 0.6) is 0 Å². The molecule has 2 aromatic rings. The number of aromatic nitrogens is 1. The first-order valence-electron chi connectivity index (χ1n) is 8.54. The van der Waals surface area contributed by atoms with Gasteiger partial charge in [-0.05, 0) is 45.7 Å². The fourth-order valence-corrected chi connectivity index (χ4v) is 4.64. The average molecular weight is 391 g/mol. The Hall–Kier alpha value is -1.49. The van der Waals surface area contributed by atoms with Crippen molar-refractivity contribution >= 4 is 32.9 Å². The van der Waals surface area contributed by atoms with Crippen LogP contribution in [0, 0.1) is 0 Å². The van der Waals surface area contributed by atoms with E-state index >= 15 is 0 Å². The third kappa shape index (κ3) is 2.36. The molecule has 24 heavy (non-hydrogen) atoms. The molecule has 1 saturated heterocycles. The molecule has 1 aromatic carbocycles. The van der Waals surface area contributed by atoms with Gasteiger partial charge in [0.2, 0.25) is 0 Å². The minimum atomic E-state index is -0.458. The molecule has 2 atom stereocenters. The summed E-state index contributed by atoms with van der Waals surface area (Å²) in [4.78, 5) is 14.8. The number of rotatable bonds is 0. The molecule has 128 valence electrons. The van der Waals surface area contributed by atoms with Gasteiger partial charge >= 0.3 is 6.09 Å². The monoisotopic (exact) mass is 390 g/mol. The largest absolute Gasteiger partial charge is 0.444 e. The highest BCUT2D eigenvalue weighted by atomic mass is 79.9. The number of hydrogen-bond acceptors (Lipinski definition) is 2. The Morgan fingerprint density at radius 2 is 2.04 bits per heavy atom. The van der Waals surface area contributed by atoms with Crippen molar-refractivity contribution in [2.45, 2.75) is 57.7 Å². The Kier molecular flexibility index (Phi) is 3.50. The Bertz CT molecular complexity index is 834. The summed E-state index contributed by atoms with van der Waals surface area (Å²) < 4.78 is 9.07. The van der Waals surface area contributed by atoms with Crippen LogP contribution in [0.4, 0.5) is 4.79 Å². The van der Waals surface area contributed by atoms with Crippen molar-refractivity contribution in [2.24, 2.45) is 7.05 Å². The highest BCUT2D eigenvalue weighted by Crippen LogP contribution is 2.48. The molecule has 2 aliphatic heterocycles. The van der Waals surface area contributed by atoms with Gasteiger partial charge in [-0.25, -0.2) is 4.79 Å². The highest BCUT2D eigenvalue weighted by molar-refractivity contribution is 9.10. The Balaban J connectivity index is 1.81. The molecule has 2 aliphatic rings. The first-order chi connectivity index (χ1) is 11.3. The van der Waals surface area contributed by atoms with Crippen LogP contribution in [0.25, 0.3) is 10.9 Å². The molecule has 3 heterocycles. The molecule has 0 radical (unpaired) electrons. The fourth-order valence-electron chi connectivity index (χ4n) is 4.29. The van der Waals surface area contributed by atoms with Crippen molar-refractivity contribution in [2.75, 3.05) is 0 Å². The first-order valence-corrected chi connectivity index (χ1v) is 9.33. The van der Waals surface area contributed by atoms with Gasteiger partial charge in [-0.1, -0.05) is 22.0 Å². The standard InChI is InChI=1S/C19H23BrN2O2/c1-19(2,3)24-18(23)22-12-6-8-14(22)17-13-7-5-11(20)9-15(13)21(4)16(17)10-12/h5,7,9,12,14H,6,8,10H2,1-4H3. The maximum atomic E-state index is 12.8. The van der Waals surface area contributed by atoms with Crippen LogP contribution < -0.4 is 0 Å². The van der Waals surface area contributed by atoms with E-state index in [2.05, 4.69) is 45.7 Å². The SMILES string of the molecule is Cn1c2c(c3ccc(Br)cc31)C1CCC(C2)N1C(=O)OC(C)(C)C. The topological polar surface area (TPSA) is 34.5 Å². The number of hydrogen-bond donors (Lipinski definition) is 0. The molecule has 2 bridgehead atoms. The van der Waals surface area contributed by atoms with Crippen molar-refractivity contribution in [3.05, 3.63) is 33.9 Å². The van der Waals surface area contributed by atoms with E-state index in [0.29, 0.717) is 0 Å². The van der Waals surface area contributed by atoms with Crippen molar-refractivity contribution in [1.29, 1.82) is 0 Å². The number of ether oxygens (including phenoxy) is 1. The van der Waals surface area contributed by atoms with E-state index in [0.717, 1.165) is 23.7 Å². The van der Waals surface area contributed by atoms with Crippen molar-refractivity contribution < 1.29 is 9.53 Å². The van der Waals surface area contributed by atoms with Gasteiger partial charge in [0.05, 0.1) is 6.04 Å².